The summed E-state index contributed by atoms with van der Waals surface area (Å²) >= 11 is 0. The van der Waals surface area contributed by atoms with Crippen molar-refractivity contribution in [2.75, 3.05) is 13.7 Å². The van der Waals surface area contributed by atoms with Crippen molar-refractivity contribution >= 4 is 5.78 Å². The highest BCUT2D eigenvalue weighted by atomic mass is 16.7. The molecule has 1 aromatic carbocycles. The fourth-order valence-corrected chi connectivity index (χ4v) is 6.69. The number of carbonyl (C=O) groups is 1. The molecule has 1 heterocycles. The van der Waals surface area contributed by atoms with Crippen LogP contribution in [0, 0.1) is 17.3 Å². The van der Waals surface area contributed by atoms with Gasteiger partial charge >= 0.3 is 0 Å². The van der Waals surface area contributed by atoms with Gasteiger partial charge < -0.3 is 14.2 Å². The average Bonchev–Trinajstić information content (AvgIpc) is 3.05. The third-order valence-corrected chi connectivity index (χ3v) is 8.19. The topological polar surface area (TPSA) is 44.8 Å². The van der Waals surface area contributed by atoms with Crippen molar-refractivity contribution in [1.82, 2.24) is 0 Å². The summed E-state index contributed by atoms with van der Waals surface area (Å²) in [4.78, 5) is 13.0. The maximum absolute atomic E-state index is 13.0. The summed E-state index contributed by atoms with van der Waals surface area (Å²) in [6.45, 7) is 3.25. The van der Waals surface area contributed by atoms with Gasteiger partial charge in [0.25, 0.3) is 0 Å². The molecule has 6 atom stereocenters. The van der Waals surface area contributed by atoms with Crippen LogP contribution in [0.1, 0.15) is 80.1 Å². The van der Waals surface area contributed by atoms with E-state index in [2.05, 4.69) is 13.0 Å². The van der Waals surface area contributed by atoms with Crippen molar-refractivity contribution in [3.63, 3.8) is 0 Å². The molecule has 28 heavy (non-hydrogen) atoms. The molecule has 3 fully saturated rings. The Bertz CT molecular complexity index is 753. The number of ether oxygens (including phenoxy) is 3. The van der Waals surface area contributed by atoms with Gasteiger partial charge in [-0.15, -0.1) is 0 Å². The molecule has 1 saturated heterocycles. The minimum atomic E-state index is -0.0202. The fraction of sp³-hybridized carbons (Fsp3) is 0.708. The molecule has 0 N–H and O–H groups in total. The number of Topliss-reactive ketones (excluding diaryl/α,β-unsaturated/α-hetero) is 1. The van der Waals surface area contributed by atoms with Crippen molar-refractivity contribution in [2.45, 2.75) is 76.6 Å². The molecule has 0 spiro atoms. The minimum Gasteiger partial charge on any atom is -0.497 e. The minimum absolute atomic E-state index is 0.0202. The predicted molar refractivity (Wildman–Crippen MR) is 107 cm³/mol. The van der Waals surface area contributed by atoms with Crippen molar-refractivity contribution in [1.29, 1.82) is 0 Å². The Morgan fingerprint density at radius 3 is 2.82 bits per heavy atom. The van der Waals surface area contributed by atoms with Gasteiger partial charge in [0.1, 0.15) is 5.75 Å². The van der Waals surface area contributed by atoms with E-state index >= 15 is 0 Å². The Balaban J connectivity index is 1.39. The van der Waals surface area contributed by atoms with E-state index in [-0.39, 0.29) is 17.8 Å². The first-order chi connectivity index (χ1) is 13.6. The molecule has 4 aliphatic rings. The molecule has 2 saturated carbocycles. The molecule has 0 radical (unpaired) electrons. The SMILES string of the molecule is COc1ccc2c(c1)C(=O)C[C@@H]1[C@@H]2CC[C@]2(C)[C@@H](O[C@@H]3CCCCO3)CC[C@@H]12. The Morgan fingerprint density at radius 2 is 2.04 bits per heavy atom. The highest BCUT2D eigenvalue weighted by molar-refractivity contribution is 5.99. The Morgan fingerprint density at radius 1 is 1.14 bits per heavy atom. The second-order valence-electron chi connectivity index (χ2n) is 9.50. The van der Waals surface area contributed by atoms with Gasteiger partial charge in [0.2, 0.25) is 0 Å². The Kier molecular flexibility index (Phi) is 4.75. The summed E-state index contributed by atoms with van der Waals surface area (Å²) in [5, 5.41) is 0. The molecule has 152 valence electrons. The van der Waals surface area contributed by atoms with Crippen LogP contribution in [-0.2, 0) is 9.47 Å². The standard InChI is InChI=1S/C24H32O4/c1-24-11-10-17-16-7-6-15(26-2)13-19(16)21(25)14-18(17)20(24)8-9-22(24)28-23-5-3-4-12-27-23/h6-7,13,17-18,20,22-23H,3-5,8-12,14H2,1-2H3/t17-,18-,20+,22+,23-,24+/m1/s1. The third kappa shape index (κ3) is 2.91. The van der Waals surface area contributed by atoms with Gasteiger partial charge in [-0.2, -0.15) is 0 Å². The van der Waals surface area contributed by atoms with Gasteiger partial charge in [-0.1, -0.05) is 13.0 Å². The first kappa shape index (κ1) is 18.6. The van der Waals surface area contributed by atoms with Crippen LogP contribution in [0.2, 0.25) is 0 Å². The van der Waals surface area contributed by atoms with E-state index in [9.17, 15) is 4.79 Å². The zero-order chi connectivity index (χ0) is 19.3. The fourth-order valence-electron chi connectivity index (χ4n) is 6.69. The molecule has 3 aliphatic carbocycles. The van der Waals surface area contributed by atoms with Crippen LogP contribution >= 0.6 is 0 Å². The number of rotatable bonds is 3. The van der Waals surface area contributed by atoms with Gasteiger partial charge in [-0.05, 0) is 85.8 Å². The molecule has 1 aliphatic heterocycles. The van der Waals surface area contributed by atoms with Crippen molar-refractivity contribution in [3.8, 4) is 5.75 Å². The lowest BCUT2D eigenvalue weighted by atomic mass is 9.55. The maximum atomic E-state index is 13.0. The lowest BCUT2D eigenvalue weighted by molar-refractivity contribution is -0.212. The molecular formula is C24H32O4. The Hall–Kier alpha value is -1.39. The highest BCUT2D eigenvalue weighted by Crippen LogP contribution is 2.61. The van der Waals surface area contributed by atoms with Crippen LogP contribution in [0.4, 0.5) is 0 Å². The first-order valence-electron chi connectivity index (χ1n) is 11.1. The van der Waals surface area contributed by atoms with Crippen molar-refractivity contribution in [3.05, 3.63) is 29.3 Å². The predicted octanol–water partition coefficient (Wildman–Crippen LogP) is 5.10. The van der Waals surface area contributed by atoms with Crippen LogP contribution < -0.4 is 4.74 Å². The van der Waals surface area contributed by atoms with Crippen molar-refractivity contribution in [2.24, 2.45) is 17.3 Å². The largest absolute Gasteiger partial charge is 0.497 e. The van der Waals surface area contributed by atoms with E-state index in [4.69, 9.17) is 14.2 Å². The maximum Gasteiger partial charge on any atom is 0.163 e. The van der Waals surface area contributed by atoms with Crippen LogP contribution in [0.15, 0.2) is 18.2 Å². The molecule has 0 amide bonds. The summed E-state index contributed by atoms with van der Waals surface area (Å²) in [6, 6.07) is 6.11. The lowest BCUT2D eigenvalue weighted by Gasteiger charge is -2.50. The summed E-state index contributed by atoms with van der Waals surface area (Å²) in [5.41, 5.74) is 2.32. The molecular weight excluding hydrogens is 352 g/mol. The third-order valence-electron chi connectivity index (χ3n) is 8.19. The molecule has 4 nitrogen and oxygen atoms in total. The molecule has 0 bridgehead atoms. The smallest absolute Gasteiger partial charge is 0.163 e. The summed E-state index contributed by atoms with van der Waals surface area (Å²) in [6.07, 6.45) is 8.92. The monoisotopic (exact) mass is 384 g/mol. The second kappa shape index (κ2) is 7.14. The number of carbonyl (C=O) groups excluding carboxylic acids is 1. The number of methoxy groups -OCH3 is 1. The van der Waals surface area contributed by atoms with Gasteiger partial charge in [-0.3, -0.25) is 4.79 Å². The van der Waals surface area contributed by atoms with E-state index in [0.717, 1.165) is 43.6 Å². The number of benzene rings is 1. The number of fused-ring (bicyclic) bond motifs is 5. The van der Waals surface area contributed by atoms with Crippen molar-refractivity contribution < 1.29 is 19.0 Å². The number of ketones is 1. The van der Waals surface area contributed by atoms with Gasteiger partial charge in [0.05, 0.1) is 13.2 Å². The summed E-state index contributed by atoms with van der Waals surface area (Å²) in [5.74, 6) is 2.60. The average molecular weight is 385 g/mol. The van der Waals surface area contributed by atoms with Gasteiger partial charge in [0, 0.05) is 18.6 Å². The zero-order valence-corrected chi connectivity index (χ0v) is 17.1. The van der Waals surface area contributed by atoms with E-state index < -0.39 is 0 Å². The molecule has 4 heteroatoms. The van der Waals surface area contributed by atoms with E-state index in [1.165, 1.54) is 24.8 Å². The Labute approximate surface area is 167 Å². The van der Waals surface area contributed by atoms with Crippen LogP contribution in [0.5, 0.6) is 5.75 Å². The first-order valence-corrected chi connectivity index (χ1v) is 11.1. The number of hydrogen-bond acceptors (Lipinski definition) is 4. The van der Waals surface area contributed by atoms with Gasteiger partial charge in [-0.25, -0.2) is 0 Å². The summed E-state index contributed by atoms with van der Waals surface area (Å²) in [7, 11) is 1.67. The van der Waals surface area contributed by atoms with E-state index in [1.54, 1.807) is 7.11 Å². The van der Waals surface area contributed by atoms with E-state index in [1.807, 2.05) is 12.1 Å². The second-order valence-corrected chi connectivity index (χ2v) is 9.50. The molecule has 5 rings (SSSR count). The molecule has 0 aromatic heterocycles. The van der Waals surface area contributed by atoms with Crippen LogP contribution in [0.3, 0.4) is 0 Å². The number of hydrogen-bond donors (Lipinski definition) is 0. The van der Waals surface area contributed by atoms with Crippen LogP contribution in [0.25, 0.3) is 0 Å². The highest BCUT2D eigenvalue weighted by Gasteiger charge is 2.56. The summed E-state index contributed by atoms with van der Waals surface area (Å²) < 4.78 is 17.7. The molecule has 1 aromatic rings. The normalized spacial score (nSPS) is 39.8. The zero-order valence-electron chi connectivity index (χ0n) is 17.1. The lowest BCUT2D eigenvalue weighted by Crippen LogP contribution is -2.46. The van der Waals surface area contributed by atoms with Crippen LogP contribution in [-0.4, -0.2) is 31.9 Å². The quantitative estimate of drug-likeness (QED) is 0.727. The molecule has 0 unspecified atom stereocenters. The van der Waals surface area contributed by atoms with E-state index in [0.29, 0.717) is 30.0 Å². The van der Waals surface area contributed by atoms with Gasteiger partial charge in [0.15, 0.2) is 12.1 Å².